The van der Waals surface area contributed by atoms with Crippen molar-refractivity contribution in [3.8, 4) is 0 Å². The average Bonchev–Trinajstić information content (AvgIpc) is 2.52. The van der Waals surface area contributed by atoms with Crippen LogP contribution in [0.25, 0.3) is 0 Å². The van der Waals surface area contributed by atoms with Gasteiger partial charge in [0.05, 0.1) is 0 Å². The Bertz CT molecular complexity index is 198. The first-order valence-corrected chi connectivity index (χ1v) is 6.37. The standard InChI is InChI=1S/C12H25N3O/c1-14(2)9-7-8-13-12(16)15-10-5-3-4-6-11-15/h3-11H2,1-2H3,(H,13,16). The molecule has 0 atom stereocenters. The third kappa shape index (κ3) is 5.35. The molecule has 0 spiro atoms. The minimum atomic E-state index is 0.126. The smallest absolute Gasteiger partial charge is 0.317 e. The molecule has 0 aromatic heterocycles. The average molecular weight is 227 g/mol. The molecule has 0 aliphatic carbocycles. The highest BCUT2D eigenvalue weighted by atomic mass is 16.2. The zero-order valence-corrected chi connectivity index (χ0v) is 10.7. The maximum absolute atomic E-state index is 11.8. The van der Waals surface area contributed by atoms with Gasteiger partial charge in [-0.1, -0.05) is 12.8 Å². The lowest BCUT2D eigenvalue weighted by atomic mass is 10.2. The maximum Gasteiger partial charge on any atom is 0.317 e. The SMILES string of the molecule is CN(C)CCCNC(=O)N1CCCCCC1. The van der Waals surface area contributed by atoms with Gasteiger partial charge in [0.1, 0.15) is 0 Å². The lowest BCUT2D eigenvalue weighted by Gasteiger charge is -2.21. The van der Waals surface area contributed by atoms with Crippen molar-refractivity contribution < 1.29 is 4.79 Å². The second kappa shape index (κ2) is 7.49. The molecule has 1 heterocycles. The van der Waals surface area contributed by atoms with Crippen LogP contribution in [0.3, 0.4) is 0 Å². The Morgan fingerprint density at radius 2 is 1.81 bits per heavy atom. The molecule has 0 saturated carbocycles. The number of hydrogen-bond donors (Lipinski definition) is 1. The van der Waals surface area contributed by atoms with Crippen molar-refractivity contribution in [1.82, 2.24) is 15.1 Å². The third-order valence-corrected chi connectivity index (χ3v) is 2.95. The summed E-state index contributed by atoms with van der Waals surface area (Å²) in [6.45, 7) is 3.67. The second-order valence-electron chi connectivity index (χ2n) is 4.79. The van der Waals surface area contributed by atoms with E-state index in [2.05, 4.69) is 24.3 Å². The quantitative estimate of drug-likeness (QED) is 0.739. The van der Waals surface area contributed by atoms with Gasteiger partial charge in [0.15, 0.2) is 0 Å². The zero-order valence-electron chi connectivity index (χ0n) is 10.7. The van der Waals surface area contributed by atoms with Crippen molar-refractivity contribution in [2.24, 2.45) is 0 Å². The monoisotopic (exact) mass is 227 g/mol. The van der Waals surface area contributed by atoms with E-state index < -0.39 is 0 Å². The molecule has 0 unspecified atom stereocenters. The Hall–Kier alpha value is -0.770. The van der Waals surface area contributed by atoms with E-state index in [0.29, 0.717) is 0 Å². The summed E-state index contributed by atoms with van der Waals surface area (Å²) in [5, 5.41) is 3.00. The van der Waals surface area contributed by atoms with Crippen molar-refractivity contribution in [3.63, 3.8) is 0 Å². The molecule has 0 aromatic rings. The fourth-order valence-corrected chi connectivity index (χ4v) is 1.98. The largest absolute Gasteiger partial charge is 0.338 e. The van der Waals surface area contributed by atoms with Gasteiger partial charge in [-0.2, -0.15) is 0 Å². The molecule has 4 nitrogen and oxygen atoms in total. The minimum absolute atomic E-state index is 0.126. The summed E-state index contributed by atoms with van der Waals surface area (Å²) in [4.78, 5) is 15.9. The predicted molar refractivity (Wildman–Crippen MR) is 66.6 cm³/mol. The van der Waals surface area contributed by atoms with E-state index in [1.165, 1.54) is 12.8 Å². The van der Waals surface area contributed by atoms with E-state index in [-0.39, 0.29) is 6.03 Å². The van der Waals surface area contributed by atoms with Crippen LogP contribution < -0.4 is 5.32 Å². The number of amides is 2. The van der Waals surface area contributed by atoms with Crippen LogP contribution in [0.4, 0.5) is 4.79 Å². The van der Waals surface area contributed by atoms with Crippen LogP contribution in [0.1, 0.15) is 32.1 Å². The minimum Gasteiger partial charge on any atom is -0.338 e. The van der Waals surface area contributed by atoms with E-state index in [4.69, 9.17) is 0 Å². The third-order valence-electron chi connectivity index (χ3n) is 2.95. The van der Waals surface area contributed by atoms with E-state index in [0.717, 1.165) is 45.4 Å². The highest BCUT2D eigenvalue weighted by molar-refractivity contribution is 5.74. The fraction of sp³-hybridized carbons (Fsp3) is 0.917. The zero-order chi connectivity index (χ0) is 11.8. The summed E-state index contributed by atoms with van der Waals surface area (Å²) in [5.41, 5.74) is 0. The highest BCUT2D eigenvalue weighted by Gasteiger charge is 2.14. The molecule has 0 aromatic carbocycles. The molecule has 1 aliphatic rings. The number of nitrogens with zero attached hydrogens (tertiary/aromatic N) is 2. The van der Waals surface area contributed by atoms with Gasteiger partial charge < -0.3 is 15.1 Å². The van der Waals surface area contributed by atoms with Crippen LogP contribution in [-0.2, 0) is 0 Å². The summed E-state index contributed by atoms with van der Waals surface area (Å²) < 4.78 is 0. The fourth-order valence-electron chi connectivity index (χ4n) is 1.98. The van der Waals surface area contributed by atoms with Crippen LogP contribution in [0.15, 0.2) is 0 Å². The van der Waals surface area contributed by atoms with E-state index in [9.17, 15) is 4.79 Å². The Balaban J connectivity index is 2.13. The summed E-state index contributed by atoms with van der Waals surface area (Å²) in [6.07, 6.45) is 5.87. The molecular weight excluding hydrogens is 202 g/mol. The van der Waals surface area contributed by atoms with Crippen molar-refractivity contribution in [1.29, 1.82) is 0 Å². The molecule has 1 fully saturated rings. The predicted octanol–water partition coefficient (Wildman–Crippen LogP) is 1.52. The number of carbonyl (C=O) groups is 1. The number of urea groups is 1. The Kier molecular flexibility index (Phi) is 6.23. The summed E-state index contributed by atoms with van der Waals surface area (Å²) >= 11 is 0. The van der Waals surface area contributed by atoms with Crippen molar-refractivity contribution in [2.45, 2.75) is 32.1 Å². The molecule has 4 heteroatoms. The number of rotatable bonds is 4. The van der Waals surface area contributed by atoms with E-state index in [1.54, 1.807) is 0 Å². The molecule has 16 heavy (non-hydrogen) atoms. The number of hydrogen-bond acceptors (Lipinski definition) is 2. The molecule has 94 valence electrons. The molecule has 1 saturated heterocycles. The Morgan fingerprint density at radius 3 is 2.38 bits per heavy atom. The van der Waals surface area contributed by atoms with E-state index in [1.807, 2.05) is 4.90 Å². The van der Waals surface area contributed by atoms with E-state index >= 15 is 0 Å². The van der Waals surface area contributed by atoms with Gasteiger partial charge >= 0.3 is 6.03 Å². The molecule has 2 amide bonds. The first-order chi connectivity index (χ1) is 7.70. The number of likely N-dealkylation sites (tertiary alicyclic amines) is 1. The van der Waals surface area contributed by atoms with Crippen molar-refractivity contribution in [2.75, 3.05) is 40.3 Å². The molecule has 0 bridgehead atoms. The first-order valence-electron chi connectivity index (χ1n) is 6.37. The highest BCUT2D eigenvalue weighted by Crippen LogP contribution is 2.09. The second-order valence-corrected chi connectivity index (χ2v) is 4.79. The molecule has 0 radical (unpaired) electrons. The van der Waals surface area contributed by atoms with Crippen molar-refractivity contribution in [3.05, 3.63) is 0 Å². The summed E-state index contributed by atoms with van der Waals surface area (Å²) in [7, 11) is 4.10. The number of carbonyl (C=O) groups excluding carboxylic acids is 1. The van der Waals surface area contributed by atoms with Crippen LogP contribution in [0.2, 0.25) is 0 Å². The van der Waals surface area contributed by atoms with Crippen LogP contribution in [-0.4, -0.2) is 56.1 Å². The van der Waals surface area contributed by atoms with Gasteiger partial charge in [-0.05, 0) is 39.9 Å². The van der Waals surface area contributed by atoms with Crippen LogP contribution >= 0.6 is 0 Å². The van der Waals surface area contributed by atoms with Gasteiger partial charge in [-0.15, -0.1) is 0 Å². The number of nitrogens with one attached hydrogen (secondary N) is 1. The molecule has 1 aliphatic heterocycles. The maximum atomic E-state index is 11.8. The normalized spacial score (nSPS) is 17.3. The first kappa shape index (κ1) is 13.3. The molecule has 1 rings (SSSR count). The Morgan fingerprint density at radius 1 is 1.19 bits per heavy atom. The molecular formula is C12H25N3O. The van der Waals surface area contributed by atoms with Crippen LogP contribution in [0.5, 0.6) is 0 Å². The lowest BCUT2D eigenvalue weighted by Crippen LogP contribution is -2.41. The van der Waals surface area contributed by atoms with Gasteiger partial charge in [-0.25, -0.2) is 4.79 Å². The summed E-state index contributed by atoms with van der Waals surface area (Å²) in [5.74, 6) is 0. The van der Waals surface area contributed by atoms with Crippen molar-refractivity contribution >= 4 is 6.03 Å². The Labute approximate surface area is 99.0 Å². The van der Waals surface area contributed by atoms with Gasteiger partial charge in [-0.3, -0.25) is 0 Å². The topological polar surface area (TPSA) is 35.6 Å². The van der Waals surface area contributed by atoms with Gasteiger partial charge in [0, 0.05) is 19.6 Å². The van der Waals surface area contributed by atoms with Crippen LogP contribution in [0, 0.1) is 0 Å². The van der Waals surface area contributed by atoms with Gasteiger partial charge in [0.2, 0.25) is 0 Å². The summed E-state index contributed by atoms with van der Waals surface area (Å²) in [6, 6.07) is 0.126. The lowest BCUT2D eigenvalue weighted by molar-refractivity contribution is 0.199. The molecule has 1 N–H and O–H groups in total. The van der Waals surface area contributed by atoms with Gasteiger partial charge in [0.25, 0.3) is 0 Å².